The van der Waals surface area contributed by atoms with Crippen LogP contribution >= 0.6 is 0 Å². The number of esters is 1. The molecular formula is C22H15NO4. The molecule has 0 aliphatic heterocycles. The minimum Gasteiger partial charge on any atom is -0.465 e. The lowest BCUT2D eigenvalue weighted by Gasteiger charge is -2.21. The van der Waals surface area contributed by atoms with Crippen molar-refractivity contribution in [3.63, 3.8) is 0 Å². The molecule has 3 aromatic rings. The summed E-state index contributed by atoms with van der Waals surface area (Å²) in [5.74, 6) is -0.903. The quantitative estimate of drug-likeness (QED) is 0.561. The van der Waals surface area contributed by atoms with E-state index in [0.717, 1.165) is 0 Å². The average Bonchev–Trinajstić information content (AvgIpc) is 2.72. The van der Waals surface area contributed by atoms with Crippen LogP contribution in [0.5, 0.6) is 0 Å². The molecule has 0 spiro atoms. The first-order valence-electron chi connectivity index (χ1n) is 8.37. The first-order valence-corrected chi connectivity index (χ1v) is 8.37. The predicted octanol–water partition coefficient (Wildman–Crippen LogP) is 3.99. The van der Waals surface area contributed by atoms with Crippen molar-refractivity contribution in [1.29, 1.82) is 0 Å². The van der Waals surface area contributed by atoms with Crippen LogP contribution in [0.2, 0.25) is 0 Å². The van der Waals surface area contributed by atoms with Crippen LogP contribution in [-0.4, -0.2) is 24.6 Å². The van der Waals surface area contributed by atoms with Gasteiger partial charge in [-0.25, -0.2) is 4.79 Å². The van der Waals surface area contributed by atoms with Crippen LogP contribution in [0.4, 0.5) is 11.4 Å². The van der Waals surface area contributed by atoms with Crippen molar-refractivity contribution in [2.45, 2.75) is 0 Å². The number of anilines is 2. The minimum atomic E-state index is -0.490. The second kappa shape index (κ2) is 6.53. The van der Waals surface area contributed by atoms with E-state index in [0.29, 0.717) is 39.2 Å². The van der Waals surface area contributed by atoms with Crippen LogP contribution in [0.15, 0.2) is 66.7 Å². The molecule has 0 atom stereocenters. The summed E-state index contributed by atoms with van der Waals surface area (Å²) in [6.45, 7) is 0. The fourth-order valence-corrected chi connectivity index (χ4v) is 3.27. The summed E-state index contributed by atoms with van der Waals surface area (Å²) < 4.78 is 4.81. The first kappa shape index (κ1) is 16.7. The van der Waals surface area contributed by atoms with Gasteiger partial charge in [0.2, 0.25) is 0 Å². The lowest BCUT2D eigenvalue weighted by molar-refractivity contribution is 0.0601. The molecule has 0 unspecified atom stereocenters. The molecular weight excluding hydrogens is 342 g/mol. The number of hydrogen-bond acceptors (Lipinski definition) is 5. The fourth-order valence-electron chi connectivity index (χ4n) is 3.27. The molecule has 0 bridgehead atoms. The molecule has 0 radical (unpaired) electrons. The largest absolute Gasteiger partial charge is 0.465 e. The summed E-state index contributed by atoms with van der Waals surface area (Å²) in [5.41, 5.74) is 2.74. The smallest absolute Gasteiger partial charge is 0.339 e. The number of rotatable bonds is 3. The number of benzene rings is 3. The van der Waals surface area contributed by atoms with E-state index in [1.807, 2.05) is 0 Å². The highest BCUT2D eigenvalue weighted by Gasteiger charge is 2.31. The molecule has 5 heteroatoms. The van der Waals surface area contributed by atoms with Crippen LogP contribution in [0.1, 0.15) is 42.2 Å². The molecule has 0 saturated heterocycles. The number of carbonyl (C=O) groups excluding carboxylic acids is 3. The van der Waals surface area contributed by atoms with Gasteiger partial charge in [-0.1, -0.05) is 48.5 Å². The number of hydrogen-bond donors (Lipinski definition) is 1. The number of nitrogens with one attached hydrogen (secondary N) is 1. The maximum Gasteiger partial charge on any atom is 0.339 e. The average molecular weight is 357 g/mol. The third-order valence-electron chi connectivity index (χ3n) is 4.55. The van der Waals surface area contributed by atoms with Gasteiger partial charge in [-0.05, 0) is 18.2 Å². The van der Waals surface area contributed by atoms with Gasteiger partial charge in [0.25, 0.3) is 0 Å². The summed E-state index contributed by atoms with van der Waals surface area (Å²) in [5, 5.41) is 3.12. The van der Waals surface area contributed by atoms with E-state index in [1.165, 1.54) is 7.11 Å². The van der Waals surface area contributed by atoms with Gasteiger partial charge in [-0.15, -0.1) is 0 Å². The molecule has 132 valence electrons. The zero-order valence-corrected chi connectivity index (χ0v) is 14.5. The van der Waals surface area contributed by atoms with Crippen molar-refractivity contribution in [3.8, 4) is 0 Å². The number of ketones is 2. The number of para-hydroxylation sites is 1. The molecule has 0 amide bonds. The number of methoxy groups -OCH3 is 1. The van der Waals surface area contributed by atoms with E-state index in [2.05, 4.69) is 5.32 Å². The van der Waals surface area contributed by atoms with Crippen LogP contribution in [0.25, 0.3) is 0 Å². The summed E-state index contributed by atoms with van der Waals surface area (Å²) in [6.07, 6.45) is 0. The maximum absolute atomic E-state index is 13.1. The molecule has 27 heavy (non-hydrogen) atoms. The van der Waals surface area contributed by atoms with Crippen molar-refractivity contribution < 1.29 is 19.1 Å². The summed E-state index contributed by atoms with van der Waals surface area (Å²) in [4.78, 5) is 37.9. The Bertz CT molecular complexity index is 1100. The Morgan fingerprint density at radius 2 is 1.33 bits per heavy atom. The molecule has 0 fully saturated rings. The Hall–Kier alpha value is -3.73. The van der Waals surface area contributed by atoms with Gasteiger partial charge in [0.1, 0.15) is 0 Å². The molecule has 3 aromatic carbocycles. The first-order chi connectivity index (χ1) is 13.1. The Kier molecular flexibility index (Phi) is 4.05. The fraction of sp³-hybridized carbons (Fsp3) is 0.0455. The highest BCUT2D eigenvalue weighted by molar-refractivity contribution is 6.30. The zero-order valence-electron chi connectivity index (χ0n) is 14.5. The topological polar surface area (TPSA) is 72.5 Å². The highest BCUT2D eigenvalue weighted by Crippen LogP contribution is 2.34. The molecule has 0 saturated carbocycles. The van der Waals surface area contributed by atoms with Crippen LogP contribution in [-0.2, 0) is 4.74 Å². The molecule has 5 nitrogen and oxygen atoms in total. The van der Waals surface area contributed by atoms with Gasteiger partial charge in [0.15, 0.2) is 11.6 Å². The van der Waals surface area contributed by atoms with Crippen LogP contribution in [0.3, 0.4) is 0 Å². The lowest BCUT2D eigenvalue weighted by atomic mass is 9.83. The highest BCUT2D eigenvalue weighted by atomic mass is 16.5. The summed E-state index contributed by atoms with van der Waals surface area (Å²) >= 11 is 0. The Labute approximate surface area is 155 Å². The standard InChI is InChI=1S/C22H15NO4/c1-27-22(26)15-9-4-5-11-17(15)23-18-12-6-10-16-19(18)21(25)14-8-3-2-7-13(14)20(16)24/h2-12,23H,1H3. The van der Waals surface area contributed by atoms with Crippen molar-refractivity contribution >= 4 is 28.9 Å². The SMILES string of the molecule is COC(=O)c1ccccc1Nc1cccc2c1C(=O)c1ccccc1C2=O. The van der Waals surface area contributed by atoms with Crippen LogP contribution < -0.4 is 5.32 Å². The number of fused-ring (bicyclic) bond motifs is 2. The van der Waals surface area contributed by atoms with Gasteiger partial charge < -0.3 is 10.1 Å². The molecule has 1 aliphatic rings. The van der Waals surface area contributed by atoms with Crippen molar-refractivity contribution in [3.05, 3.63) is 94.5 Å². The third-order valence-corrected chi connectivity index (χ3v) is 4.55. The van der Waals surface area contributed by atoms with Gasteiger partial charge in [0, 0.05) is 16.7 Å². The Balaban J connectivity index is 1.84. The zero-order chi connectivity index (χ0) is 19.0. The van der Waals surface area contributed by atoms with Crippen molar-refractivity contribution in [1.82, 2.24) is 0 Å². The Morgan fingerprint density at radius 1 is 0.741 bits per heavy atom. The van der Waals surface area contributed by atoms with E-state index in [-0.39, 0.29) is 11.6 Å². The van der Waals surface area contributed by atoms with Gasteiger partial charge in [0.05, 0.1) is 29.6 Å². The van der Waals surface area contributed by atoms with Crippen molar-refractivity contribution in [2.75, 3.05) is 12.4 Å². The second-order valence-electron chi connectivity index (χ2n) is 6.09. The van der Waals surface area contributed by atoms with Crippen LogP contribution in [0, 0.1) is 0 Å². The van der Waals surface area contributed by atoms with E-state index in [1.54, 1.807) is 66.7 Å². The number of carbonyl (C=O) groups is 3. The monoisotopic (exact) mass is 357 g/mol. The third kappa shape index (κ3) is 2.69. The van der Waals surface area contributed by atoms with Gasteiger partial charge in [-0.2, -0.15) is 0 Å². The summed E-state index contributed by atoms with van der Waals surface area (Å²) in [7, 11) is 1.31. The normalized spacial score (nSPS) is 12.2. The second-order valence-corrected chi connectivity index (χ2v) is 6.09. The predicted molar refractivity (Wildman–Crippen MR) is 101 cm³/mol. The van der Waals surface area contributed by atoms with Gasteiger partial charge in [-0.3, -0.25) is 9.59 Å². The molecule has 4 rings (SSSR count). The van der Waals surface area contributed by atoms with Crippen molar-refractivity contribution in [2.24, 2.45) is 0 Å². The maximum atomic E-state index is 13.1. The molecule has 0 heterocycles. The minimum absolute atomic E-state index is 0.190. The van der Waals surface area contributed by atoms with E-state index in [4.69, 9.17) is 4.74 Å². The van der Waals surface area contributed by atoms with Gasteiger partial charge >= 0.3 is 5.97 Å². The molecule has 1 aliphatic carbocycles. The lowest BCUT2D eigenvalue weighted by Crippen LogP contribution is -2.22. The Morgan fingerprint density at radius 3 is 2.07 bits per heavy atom. The van der Waals surface area contributed by atoms with E-state index < -0.39 is 5.97 Å². The van der Waals surface area contributed by atoms with E-state index in [9.17, 15) is 14.4 Å². The van der Waals surface area contributed by atoms with E-state index >= 15 is 0 Å². The summed E-state index contributed by atoms with van der Waals surface area (Å²) in [6, 6.07) is 18.7. The molecule has 0 aromatic heterocycles. The molecule has 1 N–H and O–H groups in total. The number of ether oxygens (including phenoxy) is 1.